The van der Waals surface area contributed by atoms with Crippen molar-refractivity contribution in [1.29, 1.82) is 5.26 Å². The van der Waals surface area contributed by atoms with Gasteiger partial charge < -0.3 is 24.6 Å². The Hall–Kier alpha value is -3.44. The van der Waals surface area contributed by atoms with E-state index in [9.17, 15) is 15.5 Å². The molecule has 3 aromatic rings. The van der Waals surface area contributed by atoms with Gasteiger partial charge in [-0.15, -0.1) is 0 Å². The van der Waals surface area contributed by atoms with Crippen LogP contribution in [0.3, 0.4) is 0 Å². The first-order valence-electron chi connectivity index (χ1n) is 11.7. The van der Waals surface area contributed by atoms with Crippen molar-refractivity contribution in [3.05, 3.63) is 89.2 Å². The van der Waals surface area contributed by atoms with E-state index < -0.39 is 23.0 Å². The van der Waals surface area contributed by atoms with Crippen molar-refractivity contribution in [2.75, 3.05) is 34.4 Å². The minimum Gasteiger partial charge on any atom is -0.495 e. The lowest BCUT2D eigenvalue weighted by molar-refractivity contribution is -0.131. The number of aliphatic hydroxyl groups is 2. The highest BCUT2D eigenvalue weighted by molar-refractivity contribution is 5.59. The van der Waals surface area contributed by atoms with Crippen LogP contribution in [-0.2, 0) is 11.2 Å². The summed E-state index contributed by atoms with van der Waals surface area (Å²) >= 11 is 0. The number of aromatic nitrogens is 1. The number of nitriles is 1. The summed E-state index contributed by atoms with van der Waals surface area (Å²) in [6.45, 7) is 0.377. The Morgan fingerprint density at radius 2 is 1.83 bits per heavy atom. The summed E-state index contributed by atoms with van der Waals surface area (Å²) in [5.41, 5.74) is -0.0941. The van der Waals surface area contributed by atoms with Crippen molar-refractivity contribution in [3.63, 3.8) is 0 Å². The third kappa shape index (κ3) is 3.18. The van der Waals surface area contributed by atoms with Crippen molar-refractivity contribution in [2.45, 2.75) is 17.1 Å². The Labute approximate surface area is 205 Å². The van der Waals surface area contributed by atoms with Crippen LogP contribution in [0.5, 0.6) is 11.5 Å². The van der Waals surface area contributed by atoms with E-state index in [0.29, 0.717) is 29.2 Å². The molecule has 0 spiro atoms. The lowest BCUT2D eigenvalue weighted by Gasteiger charge is -2.42. The first-order chi connectivity index (χ1) is 16.9. The molecule has 1 saturated carbocycles. The summed E-state index contributed by atoms with van der Waals surface area (Å²) in [6.07, 6.45) is 3.20. The topological polar surface area (TPSA) is 98.8 Å². The molecular weight excluding hydrogens is 442 g/mol. The van der Waals surface area contributed by atoms with Crippen LogP contribution in [0.15, 0.2) is 67.0 Å². The molecule has 7 nitrogen and oxygen atoms in total. The molecule has 1 aromatic heterocycles. The molecule has 0 unspecified atom stereocenters. The summed E-state index contributed by atoms with van der Waals surface area (Å²) in [5.74, 6) is -0.229. The molecule has 5 rings (SSSR count). The Morgan fingerprint density at radius 3 is 2.43 bits per heavy atom. The molecule has 0 bridgehead atoms. The lowest BCUT2D eigenvalue weighted by Crippen LogP contribution is -2.52. The third-order valence-electron chi connectivity index (χ3n) is 7.61. The van der Waals surface area contributed by atoms with Crippen LogP contribution in [0, 0.1) is 23.2 Å². The second-order valence-electron chi connectivity index (χ2n) is 9.61. The summed E-state index contributed by atoms with van der Waals surface area (Å²) in [5, 5.41) is 33.2. The zero-order chi connectivity index (χ0) is 24.8. The fourth-order valence-corrected chi connectivity index (χ4v) is 6.36. The first kappa shape index (κ1) is 23.3. The van der Waals surface area contributed by atoms with Gasteiger partial charge >= 0.3 is 0 Å². The van der Waals surface area contributed by atoms with Crippen molar-refractivity contribution in [3.8, 4) is 17.6 Å². The average molecular weight is 472 g/mol. The van der Waals surface area contributed by atoms with Gasteiger partial charge in [0.05, 0.1) is 36.7 Å². The van der Waals surface area contributed by atoms with Crippen molar-refractivity contribution in [2.24, 2.45) is 11.8 Å². The van der Waals surface area contributed by atoms with E-state index in [1.54, 1.807) is 31.6 Å². The Bertz CT molecular complexity index is 1260. The maximum atomic E-state index is 13.0. The van der Waals surface area contributed by atoms with Gasteiger partial charge in [-0.1, -0.05) is 42.5 Å². The van der Waals surface area contributed by atoms with Crippen LogP contribution in [-0.4, -0.2) is 54.5 Å². The highest BCUT2D eigenvalue weighted by Gasteiger charge is 2.76. The number of fused-ring (bicyclic) bond motifs is 3. The van der Waals surface area contributed by atoms with E-state index in [4.69, 9.17) is 9.47 Å². The summed E-state index contributed by atoms with van der Waals surface area (Å²) in [7, 11) is 5.46. The minimum atomic E-state index is -1.55. The number of pyridine rings is 1. The van der Waals surface area contributed by atoms with Gasteiger partial charge in [-0.3, -0.25) is 4.98 Å². The zero-order valence-electron chi connectivity index (χ0n) is 20.0. The van der Waals surface area contributed by atoms with Crippen molar-refractivity contribution < 1.29 is 19.7 Å². The van der Waals surface area contributed by atoms with Crippen LogP contribution < -0.4 is 9.47 Å². The number of hydrogen-bond acceptors (Lipinski definition) is 7. The molecule has 0 radical (unpaired) electrons. The monoisotopic (exact) mass is 471 g/mol. The molecule has 35 heavy (non-hydrogen) atoms. The second kappa shape index (κ2) is 8.65. The molecule has 7 heteroatoms. The number of ether oxygens (including phenoxy) is 2. The number of benzene rings is 2. The standard InChI is InChI=1S/C28H29N3O4/c1-31(2)16-22-21(17-32)25(19-7-5-4-6-8-19)28(20-11-9-18(13-29)10-12-20)27(22,33)26-23(34-3)14-30-15-24(26)35-28/h4-12,14-15,21-22,25,32-33H,16-17H2,1-3H3/t21-,22-,25+,27+,28-/m0/s1. The van der Waals surface area contributed by atoms with E-state index in [0.717, 1.165) is 11.1 Å². The fraction of sp³-hybridized carbons (Fsp3) is 0.357. The number of aliphatic hydroxyl groups excluding tert-OH is 1. The van der Waals surface area contributed by atoms with Gasteiger partial charge in [0.25, 0.3) is 0 Å². The number of nitrogens with zero attached hydrogens (tertiary/aromatic N) is 3. The summed E-state index contributed by atoms with van der Waals surface area (Å²) in [6, 6.07) is 19.2. The van der Waals surface area contributed by atoms with E-state index in [1.807, 2.05) is 61.5 Å². The predicted molar refractivity (Wildman–Crippen MR) is 130 cm³/mol. The van der Waals surface area contributed by atoms with Gasteiger partial charge in [-0.2, -0.15) is 5.26 Å². The molecule has 1 aliphatic heterocycles. The molecule has 1 fully saturated rings. The Balaban J connectivity index is 1.88. The van der Waals surface area contributed by atoms with Crippen LogP contribution in [0.4, 0.5) is 0 Å². The maximum absolute atomic E-state index is 13.0. The fourth-order valence-electron chi connectivity index (χ4n) is 6.36. The highest BCUT2D eigenvalue weighted by Crippen LogP contribution is 2.71. The number of methoxy groups -OCH3 is 1. The van der Waals surface area contributed by atoms with E-state index >= 15 is 0 Å². The molecule has 2 N–H and O–H groups in total. The normalized spacial score (nSPS) is 28.8. The molecule has 2 aromatic carbocycles. The van der Waals surface area contributed by atoms with Gasteiger partial charge in [0.15, 0.2) is 5.60 Å². The first-order valence-corrected chi connectivity index (χ1v) is 11.7. The Morgan fingerprint density at radius 1 is 1.11 bits per heavy atom. The van der Waals surface area contributed by atoms with Crippen LogP contribution >= 0.6 is 0 Å². The van der Waals surface area contributed by atoms with Gasteiger partial charge in [-0.25, -0.2) is 0 Å². The number of rotatable bonds is 6. The minimum absolute atomic E-state index is 0.134. The van der Waals surface area contributed by atoms with E-state index in [1.165, 1.54) is 0 Å². The molecule has 5 atom stereocenters. The largest absolute Gasteiger partial charge is 0.495 e. The predicted octanol–water partition coefficient (Wildman–Crippen LogP) is 3.02. The van der Waals surface area contributed by atoms with E-state index in [-0.39, 0.29) is 12.5 Å². The quantitative estimate of drug-likeness (QED) is 0.570. The molecule has 2 heterocycles. The van der Waals surface area contributed by atoms with Crippen LogP contribution in [0.1, 0.15) is 28.2 Å². The molecule has 0 amide bonds. The molecule has 0 saturated heterocycles. The average Bonchev–Trinajstić information content (AvgIpc) is 3.27. The van der Waals surface area contributed by atoms with Gasteiger partial charge in [0, 0.05) is 30.9 Å². The molecule has 2 aliphatic rings. The zero-order valence-corrected chi connectivity index (χ0v) is 20.0. The maximum Gasteiger partial charge on any atom is 0.174 e. The summed E-state index contributed by atoms with van der Waals surface area (Å²) in [4.78, 5) is 6.32. The molecule has 180 valence electrons. The van der Waals surface area contributed by atoms with Gasteiger partial charge in [0.1, 0.15) is 17.1 Å². The van der Waals surface area contributed by atoms with Gasteiger partial charge in [-0.05, 0) is 37.4 Å². The van der Waals surface area contributed by atoms with E-state index in [2.05, 4.69) is 11.1 Å². The smallest absolute Gasteiger partial charge is 0.174 e. The summed E-state index contributed by atoms with van der Waals surface area (Å²) < 4.78 is 12.5. The second-order valence-corrected chi connectivity index (χ2v) is 9.61. The van der Waals surface area contributed by atoms with Crippen molar-refractivity contribution in [1.82, 2.24) is 9.88 Å². The Kier molecular flexibility index (Phi) is 5.76. The van der Waals surface area contributed by atoms with Crippen molar-refractivity contribution >= 4 is 0 Å². The SMILES string of the molecule is COc1cncc2c1[C@]1(O)[C@@H](CN(C)C)[C@H](CO)[C@@H](c3ccccc3)[C@]1(c1ccc(C#N)cc1)O2. The number of hydrogen-bond donors (Lipinski definition) is 2. The third-order valence-corrected chi connectivity index (χ3v) is 7.61. The van der Waals surface area contributed by atoms with Crippen LogP contribution in [0.25, 0.3) is 0 Å². The highest BCUT2D eigenvalue weighted by atomic mass is 16.5. The van der Waals surface area contributed by atoms with Crippen LogP contribution in [0.2, 0.25) is 0 Å². The molecular formula is C28H29N3O4. The lowest BCUT2D eigenvalue weighted by atomic mass is 9.69. The molecule has 1 aliphatic carbocycles. The van der Waals surface area contributed by atoms with Gasteiger partial charge in [0.2, 0.25) is 0 Å².